The molecule has 158 valence electrons. The topological polar surface area (TPSA) is 73.1 Å². The molecule has 0 radical (unpaired) electrons. The van der Waals surface area contributed by atoms with Gasteiger partial charge in [-0.25, -0.2) is 9.78 Å². The maximum Gasteiger partial charge on any atom is 0.320 e. The van der Waals surface area contributed by atoms with Crippen LogP contribution in [0.1, 0.15) is 24.7 Å². The molecule has 0 bridgehead atoms. The van der Waals surface area contributed by atoms with Gasteiger partial charge in [-0.2, -0.15) is 0 Å². The van der Waals surface area contributed by atoms with Crippen LogP contribution in [-0.2, 0) is 0 Å². The first-order chi connectivity index (χ1) is 15.2. The predicted molar refractivity (Wildman–Crippen MR) is 126 cm³/mol. The van der Waals surface area contributed by atoms with E-state index in [0.29, 0.717) is 0 Å². The number of amides is 2. The summed E-state index contributed by atoms with van der Waals surface area (Å²) in [5.41, 5.74) is 3.18. The van der Waals surface area contributed by atoms with Gasteiger partial charge in [0.15, 0.2) is 0 Å². The summed E-state index contributed by atoms with van der Waals surface area (Å²) in [6, 6.07) is 22.4. The van der Waals surface area contributed by atoms with Crippen LogP contribution < -0.4 is 10.6 Å². The summed E-state index contributed by atoms with van der Waals surface area (Å²) in [5.74, 6) is 0.960. The molecule has 1 fully saturated rings. The van der Waals surface area contributed by atoms with Crippen LogP contribution in [0.3, 0.4) is 0 Å². The summed E-state index contributed by atoms with van der Waals surface area (Å²) in [5, 5.41) is 7.00. The smallest absolute Gasteiger partial charge is 0.320 e. The highest BCUT2D eigenvalue weighted by molar-refractivity contribution is 7.19. The first-order valence-corrected chi connectivity index (χ1v) is 11.3. The Morgan fingerprint density at radius 2 is 1.90 bits per heavy atom. The average molecular weight is 432 g/mol. The molecule has 2 amide bonds. The molecule has 4 aromatic rings. The summed E-state index contributed by atoms with van der Waals surface area (Å²) < 4.78 is 0. The Balaban J connectivity index is 1.23. The molecule has 0 saturated carbocycles. The molecule has 1 aliphatic rings. The largest absolute Gasteiger partial charge is 0.341 e. The minimum absolute atomic E-state index is 0.1000. The Labute approximate surface area is 185 Å². The van der Waals surface area contributed by atoms with Crippen LogP contribution in [-0.4, -0.2) is 40.5 Å². The molecule has 7 heteroatoms. The number of H-pyrrole nitrogens is 1. The van der Waals surface area contributed by atoms with Gasteiger partial charge in [-0.05, 0) is 49.7 Å². The van der Waals surface area contributed by atoms with Gasteiger partial charge in [0, 0.05) is 17.5 Å². The van der Waals surface area contributed by atoms with E-state index in [1.807, 2.05) is 54.6 Å². The second-order valence-corrected chi connectivity index (χ2v) is 9.07. The van der Waals surface area contributed by atoms with E-state index in [9.17, 15) is 4.79 Å². The second-order valence-electron chi connectivity index (χ2n) is 7.99. The van der Waals surface area contributed by atoms with Crippen molar-refractivity contribution in [2.24, 2.45) is 0 Å². The lowest BCUT2D eigenvalue weighted by Crippen LogP contribution is -2.46. The molecule has 1 aliphatic heterocycles. The minimum atomic E-state index is -0.153. The Bertz CT molecular complexity index is 1150. The molecule has 2 aromatic heterocycles. The molecular formula is C24H25N5OS. The van der Waals surface area contributed by atoms with E-state index in [4.69, 9.17) is 4.98 Å². The quantitative estimate of drug-likeness (QED) is 0.413. The van der Waals surface area contributed by atoms with Gasteiger partial charge >= 0.3 is 6.03 Å². The third-order valence-electron chi connectivity index (χ3n) is 5.83. The summed E-state index contributed by atoms with van der Waals surface area (Å²) in [6.45, 7) is 0.907. The van der Waals surface area contributed by atoms with Crippen LogP contribution in [0, 0.1) is 0 Å². The third kappa shape index (κ3) is 4.33. The zero-order valence-electron chi connectivity index (χ0n) is 17.3. The molecule has 0 aliphatic carbocycles. The number of imidazole rings is 1. The molecule has 2 unspecified atom stereocenters. The number of carbonyl (C=O) groups is 1. The van der Waals surface area contributed by atoms with Crippen LogP contribution in [0.25, 0.3) is 21.5 Å². The number of anilines is 1. The summed E-state index contributed by atoms with van der Waals surface area (Å²) in [6.07, 6.45) is 1.74. The number of nitrogens with one attached hydrogen (secondary N) is 3. The van der Waals surface area contributed by atoms with Crippen LogP contribution in [0.15, 0.2) is 66.7 Å². The van der Waals surface area contributed by atoms with E-state index in [2.05, 4.69) is 39.7 Å². The van der Waals surface area contributed by atoms with Crippen LogP contribution >= 0.6 is 11.3 Å². The van der Waals surface area contributed by atoms with Crippen molar-refractivity contribution < 1.29 is 4.79 Å². The van der Waals surface area contributed by atoms with Gasteiger partial charge in [0.25, 0.3) is 0 Å². The number of benzene rings is 2. The van der Waals surface area contributed by atoms with Gasteiger partial charge in [0.05, 0.1) is 22.1 Å². The summed E-state index contributed by atoms with van der Waals surface area (Å²) in [7, 11) is 2.12. The first-order valence-electron chi connectivity index (χ1n) is 10.5. The van der Waals surface area contributed by atoms with Gasteiger partial charge in [0.1, 0.15) is 5.82 Å². The highest BCUT2D eigenvalue weighted by atomic mass is 32.1. The van der Waals surface area contributed by atoms with Crippen molar-refractivity contribution in [3.63, 3.8) is 0 Å². The molecule has 1 saturated heterocycles. The number of hydrogen-bond donors (Lipinski definition) is 3. The molecule has 0 spiro atoms. The van der Waals surface area contributed by atoms with Crippen molar-refractivity contribution >= 4 is 33.4 Å². The van der Waals surface area contributed by atoms with Gasteiger partial charge < -0.3 is 10.3 Å². The van der Waals surface area contributed by atoms with Gasteiger partial charge in [-0.3, -0.25) is 10.2 Å². The Hall–Kier alpha value is -3.16. The number of aromatic nitrogens is 2. The van der Waals surface area contributed by atoms with Crippen molar-refractivity contribution in [2.75, 3.05) is 18.9 Å². The van der Waals surface area contributed by atoms with Gasteiger partial charge in [0.2, 0.25) is 0 Å². The lowest BCUT2D eigenvalue weighted by Gasteiger charge is -2.36. The van der Waals surface area contributed by atoms with Crippen molar-refractivity contribution in [2.45, 2.75) is 24.9 Å². The van der Waals surface area contributed by atoms with Gasteiger partial charge in [-0.1, -0.05) is 42.5 Å². The standard InChI is InChI=1S/C24H25N5OS/c1-29-14-13-17(15-20(29)23-26-18-9-5-6-10-19(18)27-23)25-24(30)28-22-12-11-21(31-22)16-7-3-2-4-8-16/h2-12,17,20H,13-15H2,1H3,(H,26,27)(H2,25,28,30). The molecule has 3 heterocycles. The maximum absolute atomic E-state index is 12.6. The fraction of sp³-hybridized carbons (Fsp3) is 0.250. The third-order valence-corrected chi connectivity index (χ3v) is 6.88. The highest BCUT2D eigenvalue weighted by Gasteiger charge is 2.30. The number of nitrogens with zero attached hydrogens (tertiary/aromatic N) is 2. The minimum Gasteiger partial charge on any atom is -0.341 e. The molecule has 2 aromatic carbocycles. The number of rotatable bonds is 4. The van der Waals surface area contributed by atoms with E-state index in [-0.39, 0.29) is 18.1 Å². The number of piperidine rings is 1. The second kappa shape index (κ2) is 8.53. The van der Waals surface area contributed by atoms with Crippen LogP contribution in [0.2, 0.25) is 0 Å². The first kappa shape index (κ1) is 19.8. The maximum atomic E-state index is 12.6. The van der Waals surface area contributed by atoms with E-state index >= 15 is 0 Å². The van der Waals surface area contributed by atoms with Gasteiger partial charge in [-0.15, -0.1) is 11.3 Å². The van der Waals surface area contributed by atoms with E-state index < -0.39 is 0 Å². The molecule has 6 nitrogen and oxygen atoms in total. The Kier molecular flexibility index (Phi) is 5.44. The molecule has 31 heavy (non-hydrogen) atoms. The van der Waals surface area contributed by atoms with E-state index in [1.54, 1.807) is 11.3 Å². The number of hydrogen-bond acceptors (Lipinski definition) is 4. The lowest BCUT2D eigenvalue weighted by atomic mass is 9.97. The summed E-state index contributed by atoms with van der Waals surface area (Å²) in [4.78, 5) is 24.3. The number of likely N-dealkylation sites (tertiary alicyclic amines) is 1. The monoisotopic (exact) mass is 431 g/mol. The number of thiophene rings is 1. The predicted octanol–water partition coefficient (Wildman–Crippen LogP) is 5.25. The fourth-order valence-electron chi connectivity index (χ4n) is 4.16. The molecule has 2 atom stereocenters. The lowest BCUT2D eigenvalue weighted by molar-refractivity contribution is 0.153. The van der Waals surface area contributed by atoms with Crippen molar-refractivity contribution in [1.29, 1.82) is 0 Å². The number of fused-ring (bicyclic) bond motifs is 1. The Morgan fingerprint density at radius 3 is 2.74 bits per heavy atom. The normalized spacial score (nSPS) is 19.4. The average Bonchev–Trinajstić information content (AvgIpc) is 3.42. The summed E-state index contributed by atoms with van der Waals surface area (Å²) >= 11 is 1.58. The SMILES string of the molecule is CN1CCC(NC(=O)Nc2ccc(-c3ccccc3)s2)CC1c1nc2ccccc2[nH]1. The van der Waals surface area contributed by atoms with Crippen LogP contribution in [0.4, 0.5) is 9.80 Å². The van der Waals surface area contributed by atoms with Crippen molar-refractivity contribution in [3.05, 3.63) is 72.6 Å². The van der Waals surface area contributed by atoms with E-state index in [0.717, 1.165) is 51.7 Å². The number of aromatic amines is 1. The Morgan fingerprint density at radius 1 is 1.10 bits per heavy atom. The number of para-hydroxylation sites is 2. The zero-order valence-corrected chi connectivity index (χ0v) is 18.2. The number of carbonyl (C=O) groups excluding carboxylic acids is 1. The van der Waals surface area contributed by atoms with Crippen molar-refractivity contribution in [3.8, 4) is 10.4 Å². The van der Waals surface area contributed by atoms with E-state index in [1.165, 1.54) is 0 Å². The van der Waals surface area contributed by atoms with Crippen molar-refractivity contribution in [1.82, 2.24) is 20.2 Å². The molecular weight excluding hydrogens is 406 g/mol. The highest BCUT2D eigenvalue weighted by Crippen LogP contribution is 2.32. The van der Waals surface area contributed by atoms with Crippen LogP contribution in [0.5, 0.6) is 0 Å². The number of urea groups is 1. The molecule has 5 rings (SSSR count). The fourth-order valence-corrected chi connectivity index (χ4v) is 5.07. The zero-order chi connectivity index (χ0) is 21.2. The molecule has 3 N–H and O–H groups in total.